The van der Waals surface area contributed by atoms with Crippen molar-refractivity contribution in [2.24, 2.45) is 5.41 Å². The van der Waals surface area contributed by atoms with Crippen LogP contribution in [0.4, 0.5) is 0 Å². The van der Waals surface area contributed by atoms with Crippen LogP contribution in [0.15, 0.2) is 0 Å². The van der Waals surface area contributed by atoms with E-state index in [1.165, 1.54) is 0 Å². The van der Waals surface area contributed by atoms with E-state index in [0.717, 1.165) is 19.3 Å². The third-order valence-electron chi connectivity index (χ3n) is 3.78. The van der Waals surface area contributed by atoms with E-state index in [1.54, 1.807) is 0 Å². The number of aliphatic hydroxyl groups excluding tert-OH is 1. The lowest BCUT2D eigenvalue weighted by Crippen LogP contribution is -2.37. The molecule has 0 heterocycles. The second kappa shape index (κ2) is 3.78. The Bertz CT molecular complexity index is 226. The van der Waals surface area contributed by atoms with Gasteiger partial charge in [-0.25, -0.2) is 0 Å². The van der Waals surface area contributed by atoms with Crippen LogP contribution in [0.3, 0.4) is 0 Å². The Labute approximate surface area is 87.7 Å². The summed E-state index contributed by atoms with van der Waals surface area (Å²) in [6.07, 6.45) is 2.69. The van der Waals surface area contributed by atoms with Gasteiger partial charge in [-0.2, -0.15) is 0 Å². The number of hydrogen-bond acceptors (Lipinski definition) is 2. The van der Waals surface area contributed by atoms with Crippen molar-refractivity contribution in [3.05, 3.63) is 0 Å². The van der Waals surface area contributed by atoms with Crippen molar-refractivity contribution in [2.45, 2.75) is 51.4 Å². The summed E-state index contributed by atoms with van der Waals surface area (Å²) in [6, 6.07) is 0. The SMILES string of the molecule is CC[C@]1(CO)CC[C@H]([Si](C)(C)C)C1=O. The molecule has 0 aromatic heterocycles. The molecule has 0 bridgehead atoms. The summed E-state index contributed by atoms with van der Waals surface area (Å²) < 4.78 is 0. The first-order valence-corrected chi connectivity index (χ1v) is 9.10. The first-order chi connectivity index (χ1) is 6.37. The topological polar surface area (TPSA) is 37.3 Å². The molecule has 82 valence electrons. The van der Waals surface area contributed by atoms with Gasteiger partial charge in [-0.05, 0) is 19.3 Å². The Balaban J connectivity index is 2.88. The second-order valence-electron chi connectivity index (χ2n) is 5.61. The van der Waals surface area contributed by atoms with Crippen molar-refractivity contribution >= 4 is 13.9 Å². The lowest BCUT2D eigenvalue weighted by Gasteiger charge is -2.27. The smallest absolute Gasteiger partial charge is 0.141 e. The fourth-order valence-corrected chi connectivity index (χ4v) is 4.59. The molecule has 1 rings (SSSR count). The number of carbonyl (C=O) groups is 1. The van der Waals surface area contributed by atoms with Crippen molar-refractivity contribution in [3.8, 4) is 0 Å². The van der Waals surface area contributed by atoms with Crippen molar-refractivity contribution < 1.29 is 9.90 Å². The normalized spacial score (nSPS) is 33.8. The first-order valence-electron chi connectivity index (χ1n) is 5.52. The van der Waals surface area contributed by atoms with E-state index in [0.29, 0.717) is 5.78 Å². The number of aliphatic hydroxyl groups is 1. The molecular weight excluding hydrogens is 192 g/mol. The average molecular weight is 214 g/mol. The maximum Gasteiger partial charge on any atom is 0.141 e. The van der Waals surface area contributed by atoms with Crippen LogP contribution in [-0.2, 0) is 4.79 Å². The number of Topliss-reactive ketones (excluding diaryl/α,β-unsaturated/α-hetero) is 1. The molecule has 1 fully saturated rings. The highest BCUT2D eigenvalue weighted by Crippen LogP contribution is 2.47. The zero-order valence-electron chi connectivity index (χ0n) is 9.76. The van der Waals surface area contributed by atoms with Gasteiger partial charge in [-0.15, -0.1) is 0 Å². The van der Waals surface area contributed by atoms with Crippen LogP contribution in [0.25, 0.3) is 0 Å². The van der Waals surface area contributed by atoms with Gasteiger partial charge in [-0.1, -0.05) is 26.6 Å². The minimum absolute atomic E-state index is 0.0450. The van der Waals surface area contributed by atoms with Crippen LogP contribution in [-0.4, -0.2) is 25.6 Å². The van der Waals surface area contributed by atoms with Gasteiger partial charge in [0.2, 0.25) is 0 Å². The summed E-state index contributed by atoms with van der Waals surface area (Å²) >= 11 is 0. The van der Waals surface area contributed by atoms with Crippen LogP contribution < -0.4 is 0 Å². The largest absolute Gasteiger partial charge is 0.395 e. The lowest BCUT2D eigenvalue weighted by molar-refractivity contribution is -0.128. The summed E-state index contributed by atoms with van der Waals surface area (Å²) in [5.41, 5.74) is -0.111. The third-order valence-corrected chi connectivity index (χ3v) is 6.42. The van der Waals surface area contributed by atoms with Crippen molar-refractivity contribution in [3.63, 3.8) is 0 Å². The molecule has 3 heteroatoms. The van der Waals surface area contributed by atoms with Gasteiger partial charge >= 0.3 is 0 Å². The summed E-state index contributed by atoms with van der Waals surface area (Å²) in [7, 11) is -1.37. The van der Waals surface area contributed by atoms with Crippen molar-refractivity contribution in [2.75, 3.05) is 6.61 Å². The van der Waals surface area contributed by atoms with Gasteiger partial charge in [0, 0.05) is 5.54 Å². The standard InChI is InChI=1S/C11H22O2Si/c1-5-11(8-12)7-6-9(10(11)13)14(2,3)4/h9,12H,5-8H2,1-4H3/t9-,11+/m0/s1. The van der Waals surface area contributed by atoms with E-state index in [9.17, 15) is 9.90 Å². The molecule has 0 aromatic rings. The van der Waals surface area contributed by atoms with Gasteiger partial charge in [-0.3, -0.25) is 4.79 Å². The Morgan fingerprint density at radius 3 is 2.29 bits per heavy atom. The second-order valence-corrected chi connectivity index (χ2v) is 11.0. The molecule has 0 unspecified atom stereocenters. The summed E-state index contributed by atoms with van der Waals surface area (Å²) in [4.78, 5) is 12.2. The highest BCUT2D eigenvalue weighted by Gasteiger charge is 2.49. The highest BCUT2D eigenvalue weighted by molar-refractivity contribution is 6.80. The quantitative estimate of drug-likeness (QED) is 0.733. The monoisotopic (exact) mass is 214 g/mol. The molecule has 2 nitrogen and oxygen atoms in total. The number of rotatable bonds is 3. The summed E-state index contributed by atoms with van der Waals surface area (Å²) in [5, 5.41) is 9.37. The molecule has 0 amide bonds. The third kappa shape index (κ3) is 1.80. The number of ketones is 1. The Morgan fingerprint density at radius 1 is 1.50 bits per heavy atom. The molecule has 0 aliphatic heterocycles. The van der Waals surface area contributed by atoms with E-state index >= 15 is 0 Å². The van der Waals surface area contributed by atoms with Gasteiger partial charge < -0.3 is 5.11 Å². The molecule has 1 aliphatic carbocycles. The van der Waals surface area contributed by atoms with Gasteiger partial charge in [0.25, 0.3) is 0 Å². The predicted octanol–water partition coefficient (Wildman–Crippen LogP) is 2.45. The zero-order valence-corrected chi connectivity index (χ0v) is 10.8. The fourth-order valence-electron chi connectivity index (χ4n) is 2.49. The molecule has 2 atom stereocenters. The highest BCUT2D eigenvalue weighted by atomic mass is 28.3. The van der Waals surface area contributed by atoms with Crippen LogP contribution in [0.2, 0.25) is 25.2 Å². The van der Waals surface area contributed by atoms with E-state index in [1.807, 2.05) is 6.92 Å². The molecule has 0 spiro atoms. The molecule has 1 saturated carbocycles. The first kappa shape index (κ1) is 11.9. The molecule has 1 N–H and O–H groups in total. The number of hydrogen-bond donors (Lipinski definition) is 1. The maximum atomic E-state index is 12.2. The van der Waals surface area contributed by atoms with Gasteiger partial charge in [0.1, 0.15) is 5.78 Å². The van der Waals surface area contributed by atoms with E-state index < -0.39 is 8.07 Å². The Hall–Kier alpha value is -0.153. The molecule has 0 saturated heterocycles. The molecule has 0 aromatic carbocycles. The average Bonchev–Trinajstić information content (AvgIpc) is 2.42. The lowest BCUT2D eigenvalue weighted by atomic mass is 9.83. The number of carbonyl (C=O) groups excluding carboxylic acids is 1. The van der Waals surface area contributed by atoms with Crippen molar-refractivity contribution in [1.82, 2.24) is 0 Å². The molecule has 14 heavy (non-hydrogen) atoms. The van der Waals surface area contributed by atoms with Gasteiger partial charge in [0.15, 0.2) is 0 Å². The Morgan fingerprint density at radius 2 is 2.07 bits per heavy atom. The summed E-state index contributed by atoms with van der Waals surface area (Å²) in [6.45, 7) is 8.81. The van der Waals surface area contributed by atoms with E-state index in [2.05, 4.69) is 19.6 Å². The van der Waals surface area contributed by atoms with E-state index in [-0.39, 0.29) is 17.6 Å². The van der Waals surface area contributed by atoms with Crippen LogP contribution in [0, 0.1) is 5.41 Å². The fraction of sp³-hybridized carbons (Fsp3) is 0.909. The van der Waals surface area contributed by atoms with Crippen LogP contribution >= 0.6 is 0 Å². The predicted molar refractivity (Wildman–Crippen MR) is 61.1 cm³/mol. The van der Waals surface area contributed by atoms with E-state index in [4.69, 9.17) is 0 Å². The van der Waals surface area contributed by atoms with Crippen LogP contribution in [0.5, 0.6) is 0 Å². The molecule has 1 aliphatic rings. The minimum Gasteiger partial charge on any atom is -0.395 e. The molecule has 0 radical (unpaired) electrons. The van der Waals surface area contributed by atoms with Crippen molar-refractivity contribution in [1.29, 1.82) is 0 Å². The Kier molecular flexibility index (Phi) is 3.22. The zero-order chi connectivity index (χ0) is 11.0. The minimum atomic E-state index is -1.37. The summed E-state index contributed by atoms with van der Waals surface area (Å²) in [5.74, 6) is 0.349. The maximum absolute atomic E-state index is 12.2. The van der Waals surface area contributed by atoms with Crippen LogP contribution in [0.1, 0.15) is 26.2 Å². The molecular formula is C11H22O2Si. The van der Waals surface area contributed by atoms with Gasteiger partial charge in [0.05, 0.1) is 20.1 Å².